The van der Waals surface area contributed by atoms with E-state index in [1.54, 1.807) is 0 Å². The van der Waals surface area contributed by atoms with E-state index in [1.165, 1.54) is 44.9 Å². The molecule has 0 spiro atoms. The predicted octanol–water partition coefficient (Wildman–Crippen LogP) is 6.05. The zero-order valence-corrected chi connectivity index (χ0v) is 23.1. The van der Waals surface area contributed by atoms with Gasteiger partial charge in [0.2, 0.25) is 0 Å². The van der Waals surface area contributed by atoms with Gasteiger partial charge in [0.15, 0.2) is 0 Å². The minimum Gasteiger partial charge on any atom is -0.376 e. The smallest absolute Gasteiger partial charge is 0.0837 e. The van der Waals surface area contributed by atoms with Crippen LogP contribution in [0.15, 0.2) is 0 Å². The Kier molecular flexibility index (Phi) is 20.6. The molecule has 1 heterocycles. The lowest BCUT2D eigenvalue weighted by Gasteiger charge is -2.29. The molecule has 1 fully saturated rings. The van der Waals surface area contributed by atoms with Crippen molar-refractivity contribution in [3.63, 3.8) is 0 Å². The highest BCUT2D eigenvalue weighted by Crippen LogP contribution is 2.23. The Morgan fingerprint density at radius 1 is 0.529 bits per heavy atom. The minimum atomic E-state index is 0.0407. The molecule has 34 heavy (non-hydrogen) atoms. The second-order valence-electron chi connectivity index (χ2n) is 9.75. The third-order valence-corrected chi connectivity index (χ3v) is 6.62. The first kappa shape index (κ1) is 31.8. The fourth-order valence-electron chi connectivity index (χ4n) is 4.77. The zero-order chi connectivity index (χ0) is 24.9. The van der Waals surface area contributed by atoms with Crippen LogP contribution < -0.4 is 0 Å². The molecule has 6 nitrogen and oxygen atoms in total. The SMILES string of the molecule is CCCCC(CCC)C1COCCOC(C)COCCOC(C(CCC)CCC)COCCO1. The van der Waals surface area contributed by atoms with Gasteiger partial charge >= 0.3 is 0 Å². The maximum absolute atomic E-state index is 6.36. The van der Waals surface area contributed by atoms with Crippen LogP contribution in [0.1, 0.15) is 92.4 Å². The van der Waals surface area contributed by atoms with Crippen molar-refractivity contribution in [2.45, 2.75) is 111 Å². The van der Waals surface area contributed by atoms with E-state index in [0.29, 0.717) is 71.3 Å². The van der Waals surface area contributed by atoms with Crippen molar-refractivity contribution in [1.82, 2.24) is 0 Å². The molecule has 204 valence electrons. The van der Waals surface area contributed by atoms with Crippen LogP contribution in [0.4, 0.5) is 0 Å². The molecule has 0 amide bonds. The van der Waals surface area contributed by atoms with E-state index < -0.39 is 0 Å². The summed E-state index contributed by atoms with van der Waals surface area (Å²) < 4.78 is 36.4. The highest BCUT2D eigenvalue weighted by atomic mass is 16.6. The lowest BCUT2D eigenvalue weighted by Crippen LogP contribution is -2.33. The first-order valence-electron chi connectivity index (χ1n) is 14.2. The summed E-state index contributed by atoms with van der Waals surface area (Å²) in [7, 11) is 0. The molecular weight excluding hydrogens is 432 g/mol. The highest BCUT2D eigenvalue weighted by Gasteiger charge is 2.23. The molecule has 0 bridgehead atoms. The molecular formula is C28H56O6. The summed E-state index contributed by atoms with van der Waals surface area (Å²) in [6, 6.07) is 0. The van der Waals surface area contributed by atoms with Crippen LogP contribution >= 0.6 is 0 Å². The van der Waals surface area contributed by atoms with Crippen LogP contribution in [0.5, 0.6) is 0 Å². The maximum atomic E-state index is 6.36. The van der Waals surface area contributed by atoms with E-state index in [1.807, 2.05) is 6.92 Å². The van der Waals surface area contributed by atoms with Gasteiger partial charge in [-0.05, 0) is 44.4 Å². The molecule has 4 unspecified atom stereocenters. The van der Waals surface area contributed by atoms with Gasteiger partial charge < -0.3 is 28.4 Å². The van der Waals surface area contributed by atoms with Crippen LogP contribution in [0.25, 0.3) is 0 Å². The molecule has 1 aliphatic rings. The van der Waals surface area contributed by atoms with Gasteiger partial charge in [-0.2, -0.15) is 0 Å². The Morgan fingerprint density at radius 3 is 1.44 bits per heavy atom. The number of ether oxygens (including phenoxy) is 6. The molecule has 1 rings (SSSR count). The van der Waals surface area contributed by atoms with E-state index >= 15 is 0 Å². The molecule has 0 saturated carbocycles. The lowest BCUT2D eigenvalue weighted by molar-refractivity contribution is -0.105. The number of rotatable bonds is 11. The first-order chi connectivity index (χ1) is 16.7. The van der Waals surface area contributed by atoms with Crippen LogP contribution in [0, 0.1) is 11.8 Å². The summed E-state index contributed by atoms with van der Waals surface area (Å²) in [4.78, 5) is 0. The molecule has 1 aliphatic heterocycles. The average Bonchev–Trinajstić information content (AvgIpc) is 2.83. The number of unbranched alkanes of at least 4 members (excludes halogenated alkanes) is 1. The molecule has 0 aromatic carbocycles. The lowest BCUT2D eigenvalue weighted by atomic mass is 9.91. The zero-order valence-electron chi connectivity index (χ0n) is 23.1. The van der Waals surface area contributed by atoms with Gasteiger partial charge in [0, 0.05) is 0 Å². The van der Waals surface area contributed by atoms with E-state index in [-0.39, 0.29) is 18.3 Å². The molecule has 0 N–H and O–H groups in total. The van der Waals surface area contributed by atoms with Crippen LogP contribution in [0.3, 0.4) is 0 Å². The summed E-state index contributed by atoms with van der Waals surface area (Å²) in [6.07, 6.45) is 10.9. The Bertz CT molecular complexity index is 429. The Hall–Kier alpha value is -0.240. The first-order valence-corrected chi connectivity index (χ1v) is 14.2. The topological polar surface area (TPSA) is 55.4 Å². The monoisotopic (exact) mass is 488 g/mol. The van der Waals surface area contributed by atoms with Gasteiger partial charge in [0.25, 0.3) is 0 Å². The summed E-state index contributed by atoms with van der Waals surface area (Å²) in [5.41, 5.74) is 0. The van der Waals surface area contributed by atoms with Crippen molar-refractivity contribution in [1.29, 1.82) is 0 Å². The fourth-order valence-corrected chi connectivity index (χ4v) is 4.77. The molecule has 1 saturated heterocycles. The summed E-state index contributed by atoms with van der Waals surface area (Å²) in [5, 5.41) is 0. The maximum Gasteiger partial charge on any atom is 0.0837 e. The van der Waals surface area contributed by atoms with Gasteiger partial charge in [-0.15, -0.1) is 0 Å². The van der Waals surface area contributed by atoms with Gasteiger partial charge in [0.1, 0.15) is 0 Å². The van der Waals surface area contributed by atoms with Crippen LogP contribution in [-0.2, 0) is 28.4 Å². The second kappa shape index (κ2) is 22.0. The Balaban J connectivity index is 2.75. The van der Waals surface area contributed by atoms with E-state index in [2.05, 4.69) is 27.7 Å². The van der Waals surface area contributed by atoms with E-state index in [4.69, 9.17) is 28.4 Å². The summed E-state index contributed by atoms with van der Waals surface area (Å²) >= 11 is 0. The molecule has 0 aromatic heterocycles. The van der Waals surface area contributed by atoms with Gasteiger partial charge in [-0.25, -0.2) is 0 Å². The Morgan fingerprint density at radius 2 is 0.971 bits per heavy atom. The normalized spacial score (nSPS) is 26.1. The van der Waals surface area contributed by atoms with Crippen LogP contribution in [0.2, 0.25) is 0 Å². The molecule has 0 radical (unpaired) electrons. The van der Waals surface area contributed by atoms with Crippen molar-refractivity contribution >= 4 is 0 Å². The number of hydrogen-bond acceptors (Lipinski definition) is 6. The van der Waals surface area contributed by atoms with E-state index in [0.717, 1.165) is 12.8 Å². The Labute approximate surface area is 210 Å². The van der Waals surface area contributed by atoms with Crippen molar-refractivity contribution in [2.24, 2.45) is 11.8 Å². The standard InChI is InChI=1S/C28H56O6/c1-6-10-14-26(13-9-4)28-23-30-15-18-32-24(5)21-29-16-19-33-27(22-31-17-20-34-28)25(11-7-2)12-8-3/h24-28H,6-23H2,1-5H3. The van der Waals surface area contributed by atoms with Gasteiger partial charge in [-0.3, -0.25) is 0 Å². The van der Waals surface area contributed by atoms with Crippen molar-refractivity contribution in [3.8, 4) is 0 Å². The van der Waals surface area contributed by atoms with Crippen LogP contribution in [-0.4, -0.2) is 77.8 Å². The van der Waals surface area contributed by atoms with E-state index in [9.17, 15) is 0 Å². The third-order valence-electron chi connectivity index (χ3n) is 6.62. The second-order valence-corrected chi connectivity index (χ2v) is 9.75. The fraction of sp³-hybridized carbons (Fsp3) is 1.00. The third kappa shape index (κ3) is 15.0. The van der Waals surface area contributed by atoms with Crippen molar-refractivity contribution < 1.29 is 28.4 Å². The largest absolute Gasteiger partial charge is 0.376 e. The quantitative estimate of drug-likeness (QED) is 0.353. The molecule has 4 atom stereocenters. The van der Waals surface area contributed by atoms with Crippen molar-refractivity contribution in [2.75, 3.05) is 59.5 Å². The predicted molar refractivity (Wildman–Crippen MR) is 139 cm³/mol. The highest BCUT2D eigenvalue weighted by molar-refractivity contribution is 4.72. The van der Waals surface area contributed by atoms with Gasteiger partial charge in [0.05, 0.1) is 77.8 Å². The summed E-state index contributed by atoms with van der Waals surface area (Å²) in [5.74, 6) is 1.05. The van der Waals surface area contributed by atoms with Crippen molar-refractivity contribution in [3.05, 3.63) is 0 Å². The molecule has 6 heteroatoms. The summed E-state index contributed by atoms with van der Waals surface area (Å²) in [6.45, 7) is 16.3. The minimum absolute atomic E-state index is 0.0407. The molecule has 0 aromatic rings. The van der Waals surface area contributed by atoms with Gasteiger partial charge in [-0.1, -0.05) is 59.8 Å². The number of hydrogen-bond donors (Lipinski definition) is 0. The molecule has 0 aliphatic carbocycles. The average molecular weight is 489 g/mol.